The van der Waals surface area contributed by atoms with Gasteiger partial charge in [-0.2, -0.15) is 0 Å². The molecule has 2 heteroatoms. The van der Waals surface area contributed by atoms with E-state index < -0.39 is 0 Å². The molecule has 84 valence electrons. The van der Waals surface area contributed by atoms with Crippen LogP contribution in [0.2, 0.25) is 0 Å². The predicted octanol–water partition coefficient (Wildman–Crippen LogP) is 2.58. The topological polar surface area (TPSA) is 23.5 Å². The average Bonchev–Trinajstić information content (AvgIpc) is 2.25. The number of phenolic OH excluding ortho intramolecular Hbond substituents is 1. The summed E-state index contributed by atoms with van der Waals surface area (Å²) in [7, 11) is 0. The average molecular weight is 207 g/mol. The summed E-state index contributed by atoms with van der Waals surface area (Å²) >= 11 is 0. The Morgan fingerprint density at radius 3 is 2.47 bits per heavy atom. The minimum Gasteiger partial charge on any atom is -0.507 e. The first-order valence-electron chi connectivity index (χ1n) is 5.68. The van der Waals surface area contributed by atoms with Crippen molar-refractivity contribution in [2.45, 2.75) is 27.2 Å². The highest BCUT2D eigenvalue weighted by molar-refractivity contribution is 5.39. The lowest BCUT2D eigenvalue weighted by Gasteiger charge is -2.18. The highest BCUT2D eigenvalue weighted by Gasteiger charge is 2.05. The number of aryl methyl sites for hydroxylation is 1. The normalized spacial score (nSPS) is 10.9. The first kappa shape index (κ1) is 12.1. The molecule has 0 saturated carbocycles. The fraction of sp³-hybridized carbons (Fsp3) is 0.538. The van der Waals surface area contributed by atoms with Crippen LogP contribution in [0.15, 0.2) is 18.2 Å². The van der Waals surface area contributed by atoms with Gasteiger partial charge in [-0.1, -0.05) is 32.0 Å². The number of nitrogens with zero attached hydrogens (tertiary/aromatic N) is 1. The first-order valence-corrected chi connectivity index (χ1v) is 5.68. The molecule has 0 radical (unpaired) electrons. The smallest absolute Gasteiger partial charge is 0.121 e. The molecule has 0 spiro atoms. The van der Waals surface area contributed by atoms with Gasteiger partial charge < -0.3 is 10.0 Å². The SMILES string of the molecule is CCN(CC)CCc1cccc(C)c1O. The minimum absolute atomic E-state index is 0.463. The van der Waals surface area contributed by atoms with Gasteiger partial charge in [0.15, 0.2) is 0 Å². The van der Waals surface area contributed by atoms with Gasteiger partial charge in [0, 0.05) is 6.54 Å². The van der Waals surface area contributed by atoms with E-state index in [2.05, 4.69) is 18.7 Å². The van der Waals surface area contributed by atoms with E-state index in [1.54, 1.807) is 0 Å². The van der Waals surface area contributed by atoms with Crippen molar-refractivity contribution in [3.05, 3.63) is 29.3 Å². The molecule has 0 aliphatic rings. The second kappa shape index (κ2) is 5.76. The van der Waals surface area contributed by atoms with E-state index in [9.17, 15) is 5.11 Å². The monoisotopic (exact) mass is 207 g/mol. The second-order valence-corrected chi connectivity index (χ2v) is 3.86. The van der Waals surface area contributed by atoms with Crippen LogP contribution in [0.3, 0.4) is 0 Å². The highest BCUT2D eigenvalue weighted by atomic mass is 16.3. The molecule has 0 saturated heterocycles. The summed E-state index contributed by atoms with van der Waals surface area (Å²) in [6, 6.07) is 5.95. The molecule has 0 aromatic heterocycles. The minimum atomic E-state index is 0.463. The quantitative estimate of drug-likeness (QED) is 0.802. The number of likely N-dealkylation sites (N-methyl/N-ethyl adjacent to an activating group) is 1. The molecular formula is C13H21NO. The van der Waals surface area contributed by atoms with Crippen molar-refractivity contribution in [2.24, 2.45) is 0 Å². The van der Waals surface area contributed by atoms with Gasteiger partial charge in [-0.15, -0.1) is 0 Å². The maximum absolute atomic E-state index is 9.84. The van der Waals surface area contributed by atoms with Crippen LogP contribution in [-0.4, -0.2) is 29.6 Å². The summed E-state index contributed by atoms with van der Waals surface area (Å²) in [5.41, 5.74) is 2.02. The fourth-order valence-electron chi connectivity index (χ4n) is 1.74. The maximum Gasteiger partial charge on any atom is 0.121 e. The fourth-order valence-corrected chi connectivity index (χ4v) is 1.74. The van der Waals surface area contributed by atoms with Crippen LogP contribution in [0.25, 0.3) is 0 Å². The predicted molar refractivity (Wildman–Crippen MR) is 64.3 cm³/mol. The molecule has 0 bridgehead atoms. The third-order valence-corrected chi connectivity index (χ3v) is 2.91. The Morgan fingerprint density at radius 2 is 1.87 bits per heavy atom. The van der Waals surface area contributed by atoms with Gasteiger partial charge in [-0.05, 0) is 37.6 Å². The van der Waals surface area contributed by atoms with Gasteiger partial charge in [0.1, 0.15) is 5.75 Å². The van der Waals surface area contributed by atoms with Gasteiger partial charge in [0.2, 0.25) is 0 Å². The highest BCUT2D eigenvalue weighted by Crippen LogP contribution is 2.21. The molecule has 0 atom stereocenters. The summed E-state index contributed by atoms with van der Waals surface area (Å²) in [5.74, 6) is 0.463. The molecule has 1 aromatic carbocycles. The standard InChI is InChI=1S/C13H21NO/c1-4-14(5-2)10-9-12-8-6-7-11(3)13(12)15/h6-8,15H,4-5,9-10H2,1-3H3. The Labute approximate surface area is 92.5 Å². The lowest BCUT2D eigenvalue weighted by atomic mass is 10.1. The summed E-state index contributed by atoms with van der Waals surface area (Å²) < 4.78 is 0. The largest absolute Gasteiger partial charge is 0.507 e. The van der Waals surface area contributed by atoms with Gasteiger partial charge in [-0.3, -0.25) is 0 Å². The lowest BCUT2D eigenvalue weighted by molar-refractivity contribution is 0.306. The third kappa shape index (κ3) is 3.24. The number of aromatic hydroxyl groups is 1. The second-order valence-electron chi connectivity index (χ2n) is 3.86. The van der Waals surface area contributed by atoms with Crippen molar-refractivity contribution in [2.75, 3.05) is 19.6 Å². The van der Waals surface area contributed by atoms with Crippen LogP contribution in [0.1, 0.15) is 25.0 Å². The van der Waals surface area contributed by atoms with E-state index in [1.807, 2.05) is 25.1 Å². The van der Waals surface area contributed by atoms with Crippen molar-refractivity contribution in [3.63, 3.8) is 0 Å². The molecule has 0 amide bonds. The van der Waals surface area contributed by atoms with Crippen molar-refractivity contribution >= 4 is 0 Å². The van der Waals surface area contributed by atoms with Crippen LogP contribution < -0.4 is 0 Å². The number of hydrogen-bond donors (Lipinski definition) is 1. The molecule has 1 rings (SSSR count). The first-order chi connectivity index (χ1) is 7.19. The molecule has 1 aromatic rings. The number of phenols is 1. The zero-order valence-corrected chi connectivity index (χ0v) is 9.95. The zero-order valence-electron chi connectivity index (χ0n) is 9.95. The van der Waals surface area contributed by atoms with Crippen LogP contribution in [0.4, 0.5) is 0 Å². The Hall–Kier alpha value is -1.02. The van der Waals surface area contributed by atoms with Crippen molar-refractivity contribution in [1.82, 2.24) is 4.90 Å². The Bertz CT molecular complexity index is 305. The molecule has 0 heterocycles. The Kier molecular flexibility index (Phi) is 4.63. The summed E-state index contributed by atoms with van der Waals surface area (Å²) in [5, 5.41) is 9.84. The molecule has 1 N–H and O–H groups in total. The van der Waals surface area contributed by atoms with E-state index in [0.717, 1.165) is 37.2 Å². The molecule has 0 aliphatic carbocycles. The molecule has 0 fully saturated rings. The van der Waals surface area contributed by atoms with Crippen molar-refractivity contribution in [1.29, 1.82) is 0 Å². The van der Waals surface area contributed by atoms with Gasteiger partial charge in [0.25, 0.3) is 0 Å². The lowest BCUT2D eigenvalue weighted by Crippen LogP contribution is -2.25. The number of para-hydroxylation sites is 1. The van der Waals surface area contributed by atoms with Gasteiger partial charge in [0.05, 0.1) is 0 Å². The summed E-state index contributed by atoms with van der Waals surface area (Å²) in [4.78, 5) is 2.36. The van der Waals surface area contributed by atoms with E-state index in [4.69, 9.17) is 0 Å². The van der Waals surface area contributed by atoms with Gasteiger partial charge in [-0.25, -0.2) is 0 Å². The Balaban J connectivity index is 2.61. The van der Waals surface area contributed by atoms with Crippen LogP contribution >= 0.6 is 0 Å². The third-order valence-electron chi connectivity index (χ3n) is 2.91. The van der Waals surface area contributed by atoms with Crippen molar-refractivity contribution < 1.29 is 5.11 Å². The van der Waals surface area contributed by atoms with Crippen LogP contribution in [-0.2, 0) is 6.42 Å². The van der Waals surface area contributed by atoms with E-state index in [-0.39, 0.29) is 0 Å². The molecule has 0 unspecified atom stereocenters. The van der Waals surface area contributed by atoms with Crippen LogP contribution in [0, 0.1) is 6.92 Å². The van der Waals surface area contributed by atoms with Crippen LogP contribution in [0.5, 0.6) is 5.75 Å². The molecule has 0 aliphatic heterocycles. The van der Waals surface area contributed by atoms with E-state index >= 15 is 0 Å². The maximum atomic E-state index is 9.84. The molecule has 15 heavy (non-hydrogen) atoms. The number of rotatable bonds is 5. The summed E-state index contributed by atoms with van der Waals surface area (Å²) in [6.45, 7) is 9.44. The van der Waals surface area contributed by atoms with E-state index in [1.165, 1.54) is 0 Å². The summed E-state index contributed by atoms with van der Waals surface area (Å²) in [6.07, 6.45) is 0.926. The zero-order chi connectivity index (χ0) is 11.3. The van der Waals surface area contributed by atoms with Gasteiger partial charge >= 0.3 is 0 Å². The number of hydrogen-bond acceptors (Lipinski definition) is 2. The van der Waals surface area contributed by atoms with E-state index in [0.29, 0.717) is 5.75 Å². The van der Waals surface area contributed by atoms with Crippen molar-refractivity contribution in [3.8, 4) is 5.75 Å². The number of benzene rings is 1. The Morgan fingerprint density at radius 1 is 1.20 bits per heavy atom. The molecular weight excluding hydrogens is 186 g/mol. The molecule has 2 nitrogen and oxygen atoms in total.